The van der Waals surface area contributed by atoms with Crippen molar-refractivity contribution in [3.63, 3.8) is 0 Å². The monoisotopic (exact) mass is 203 g/mol. The Balaban J connectivity index is 2.19. The van der Waals surface area contributed by atoms with Crippen LogP contribution in [0.15, 0.2) is 36.9 Å². The number of hydrogen-bond donors (Lipinski definition) is 2. The van der Waals surface area contributed by atoms with Crippen LogP contribution in [0.5, 0.6) is 5.75 Å². The van der Waals surface area contributed by atoms with Gasteiger partial charge in [0.1, 0.15) is 5.75 Å². The molecule has 2 rings (SSSR count). The number of amides is 1. The molecule has 15 heavy (non-hydrogen) atoms. The summed E-state index contributed by atoms with van der Waals surface area (Å²) in [6.07, 6.45) is 3.16. The molecule has 3 nitrogen and oxygen atoms in total. The summed E-state index contributed by atoms with van der Waals surface area (Å²) in [5, 5.41) is 12.1. The first kappa shape index (κ1) is 9.77. The predicted molar refractivity (Wildman–Crippen MR) is 57.4 cm³/mol. The second kappa shape index (κ2) is 3.42. The van der Waals surface area contributed by atoms with Crippen molar-refractivity contribution in [1.29, 1.82) is 0 Å². The maximum atomic E-state index is 11.2. The van der Waals surface area contributed by atoms with Crippen molar-refractivity contribution in [3.8, 4) is 5.75 Å². The number of phenolic OH excluding ortho intramolecular Hbond substituents is 1. The smallest absolute Gasteiger partial charge is 0.244 e. The lowest BCUT2D eigenvalue weighted by Gasteiger charge is -2.16. The van der Waals surface area contributed by atoms with Crippen molar-refractivity contribution in [2.75, 3.05) is 0 Å². The molecule has 1 amide bonds. The van der Waals surface area contributed by atoms with E-state index < -0.39 is 0 Å². The van der Waals surface area contributed by atoms with Gasteiger partial charge < -0.3 is 10.4 Å². The van der Waals surface area contributed by atoms with Gasteiger partial charge in [0.05, 0.1) is 5.54 Å². The Bertz CT molecular complexity index is 391. The van der Waals surface area contributed by atoms with E-state index in [0.717, 1.165) is 18.4 Å². The predicted octanol–water partition coefficient (Wildman–Crippen LogP) is 1.68. The standard InChI is InChI=1S/C12H13NO2/c1-2-11(15)13-12(7-8-12)9-3-5-10(14)6-4-9/h2-6,14H,1,7-8H2,(H,13,15). The number of hydrogen-bond acceptors (Lipinski definition) is 2. The van der Waals surface area contributed by atoms with Crippen LogP contribution in [0, 0.1) is 0 Å². The maximum Gasteiger partial charge on any atom is 0.244 e. The van der Waals surface area contributed by atoms with Crippen LogP contribution in [0.3, 0.4) is 0 Å². The molecule has 78 valence electrons. The molecule has 0 saturated heterocycles. The van der Waals surface area contributed by atoms with E-state index in [-0.39, 0.29) is 17.2 Å². The minimum absolute atomic E-state index is 0.152. The second-order valence-electron chi connectivity index (χ2n) is 3.82. The average molecular weight is 203 g/mol. The number of carbonyl (C=O) groups excluding carboxylic acids is 1. The third kappa shape index (κ3) is 1.86. The van der Waals surface area contributed by atoms with E-state index in [9.17, 15) is 4.79 Å². The van der Waals surface area contributed by atoms with Gasteiger partial charge in [-0.3, -0.25) is 4.79 Å². The molecule has 1 saturated carbocycles. The highest BCUT2D eigenvalue weighted by atomic mass is 16.3. The molecule has 3 heteroatoms. The summed E-state index contributed by atoms with van der Waals surface area (Å²) in [5.74, 6) is 0.0881. The van der Waals surface area contributed by atoms with Crippen LogP contribution in [-0.4, -0.2) is 11.0 Å². The van der Waals surface area contributed by atoms with Crippen molar-refractivity contribution in [2.24, 2.45) is 0 Å². The van der Waals surface area contributed by atoms with Gasteiger partial charge in [-0.25, -0.2) is 0 Å². The van der Waals surface area contributed by atoms with Gasteiger partial charge in [0, 0.05) is 0 Å². The molecule has 1 aliphatic carbocycles. The molecular weight excluding hydrogens is 190 g/mol. The van der Waals surface area contributed by atoms with Crippen molar-refractivity contribution in [1.82, 2.24) is 5.32 Å². The minimum Gasteiger partial charge on any atom is -0.508 e. The topological polar surface area (TPSA) is 49.3 Å². The molecule has 0 unspecified atom stereocenters. The summed E-state index contributed by atoms with van der Waals surface area (Å²) in [5.41, 5.74) is 0.814. The molecule has 0 atom stereocenters. The second-order valence-corrected chi connectivity index (χ2v) is 3.82. The Hall–Kier alpha value is -1.77. The van der Waals surface area contributed by atoms with Crippen molar-refractivity contribution < 1.29 is 9.90 Å². The van der Waals surface area contributed by atoms with E-state index in [0.29, 0.717) is 0 Å². The SMILES string of the molecule is C=CC(=O)NC1(c2ccc(O)cc2)CC1. The molecule has 1 aromatic rings. The van der Waals surface area contributed by atoms with E-state index in [1.807, 2.05) is 12.1 Å². The number of aromatic hydroxyl groups is 1. The van der Waals surface area contributed by atoms with E-state index >= 15 is 0 Å². The van der Waals surface area contributed by atoms with Gasteiger partial charge in [0.25, 0.3) is 0 Å². The van der Waals surface area contributed by atoms with Gasteiger partial charge >= 0.3 is 0 Å². The molecule has 0 radical (unpaired) electrons. The average Bonchev–Trinajstić information content (AvgIpc) is 3.00. The van der Waals surface area contributed by atoms with Crippen LogP contribution < -0.4 is 5.32 Å². The number of phenols is 1. The molecular formula is C12H13NO2. The number of rotatable bonds is 3. The maximum absolute atomic E-state index is 11.2. The summed E-state index contributed by atoms with van der Waals surface area (Å²) < 4.78 is 0. The number of nitrogens with one attached hydrogen (secondary N) is 1. The zero-order valence-electron chi connectivity index (χ0n) is 8.36. The number of benzene rings is 1. The molecule has 2 N–H and O–H groups in total. The molecule has 0 bridgehead atoms. The van der Waals surface area contributed by atoms with Crippen LogP contribution in [-0.2, 0) is 10.3 Å². The Morgan fingerprint density at radius 2 is 2.00 bits per heavy atom. The molecule has 0 aliphatic heterocycles. The normalized spacial score (nSPS) is 16.8. The summed E-state index contributed by atoms with van der Waals surface area (Å²) in [4.78, 5) is 11.2. The third-order valence-electron chi connectivity index (χ3n) is 2.72. The van der Waals surface area contributed by atoms with E-state index in [4.69, 9.17) is 5.11 Å². The fourth-order valence-corrected chi connectivity index (χ4v) is 1.68. The molecule has 0 heterocycles. The largest absolute Gasteiger partial charge is 0.508 e. The minimum atomic E-state index is -0.223. The van der Waals surface area contributed by atoms with E-state index in [2.05, 4.69) is 11.9 Å². The van der Waals surface area contributed by atoms with Crippen LogP contribution >= 0.6 is 0 Å². The van der Waals surface area contributed by atoms with Gasteiger partial charge in [-0.05, 0) is 36.6 Å². The van der Waals surface area contributed by atoms with Gasteiger partial charge in [0.15, 0.2) is 0 Å². The molecule has 1 aliphatic rings. The molecule has 1 fully saturated rings. The van der Waals surface area contributed by atoms with E-state index in [1.165, 1.54) is 6.08 Å². The van der Waals surface area contributed by atoms with Gasteiger partial charge in [-0.15, -0.1) is 0 Å². The first-order chi connectivity index (χ1) is 7.16. The highest BCUT2D eigenvalue weighted by Gasteiger charge is 2.45. The molecule has 0 spiro atoms. The lowest BCUT2D eigenvalue weighted by molar-refractivity contribution is -0.117. The van der Waals surface area contributed by atoms with Gasteiger partial charge in [-0.1, -0.05) is 18.7 Å². The Morgan fingerprint density at radius 3 is 2.47 bits per heavy atom. The van der Waals surface area contributed by atoms with Crippen LogP contribution in [0.1, 0.15) is 18.4 Å². The Morgan fingerprint density at radius 1 is 1.40 bits per heavy atom. The Kier molecular flexibility index (Phi) is 2.23. The fourth-order valence-electron chi connectivity index (χ4n) is 1.68. The highest BCUT2D eigenvalue weighted by Crippen LogP contribution is 2.45. The van der Waals surface area contributed by atoms with Gasteiger partial charge in [-0.2, -0.15) is 0 Å². The molecule has 1 aromatic carbocycles. The van der Waals surface area contributed by atoms with Crippen molar-refractivity contribution >= 4 is 5.91 Å². The van der Waals surface area contributed by atoms with Gasteiger partial charge in [0.2, 0.25) is 5.91 Å². The van der Waals surface area contributed by atoms with Crippen molar-refractivity contribution in [3.05, 3.63) is 42.5 Å². The van der Waals surface area contributed by atoms with E-state index in [1.54, 1.807) is 12.1 Å². The van der Waals surface area contributed by atoms with Crippen LogP contribution in [0.4, 0.5) is 0 Å². The quantitative estimate of drug-likeness (QED) is 0.734. The third-order valence-corrected chi connectivity index (χ3v) is 2.72. The van der Waals surface area contributed by atoms with Crippen molar-refractivity contribution in [2.45, 2.75) is 18.4 Å². The first-order valence-electron chi connectivity index (χ1n) is 4.90. The zero-order valence-corrected chi connectivity index (χ0v) is 8.36. The number of carbonyl (C=O) groups is 1. The van der Waals surface area contributed by atoms with Crippen LogP contribution in [0.25, 0.3) is 0 Å². The lowest BCUT2D eigenvalue weighted by Crippen LogP contribution is -2.33. The fraction of sp³-hybridized carbons (Fsp3) is 0.250. The molecule has 0 aromatic heterocycles. The highest BCUT2D eigenvalue weighted by molar-refractivity contribution is 5.88. The summed E-state index contributed by atoms with van der Waals surface area (Å²) in [6, 6.07) is 6.95. The lowest BCUT2D eigenvalue weighted by atomic mass is 10.0. The Labute approximate surface area is 88.4 Å². The summed E-state index contributed by atoms with van der Waals surface area (Å²) in [6.45, 7) is 3.43. The van der Waals surface area contributed by atoms with Crippen LogP contribution in [0.2, 0.25) is 0 Å². The zero-order chi connectivity index (χ0) is 10.9. The summed E-state index contributed by atoms with van der Waals surface area (Å²) in [7, 11) is 0. The first-order valence-corrected chi connectivity index (χ1v) is 4.90. The summed E-state index contributed by atoms with van der Waals surface area (Å²) >= 11 is 0.